The minimum absolute atomic E-state index is 0.0127. The highest BCUT2D eigenvalue weighted by atomic mass is 32.2. The van der Waals surface area contributed by atoms with Gasteiger partial charge in [-0.1, -0.05) is 97.4 Å². The fraction of sp³-hybridized carbons (Fsp3) is 0.333. The number of hydrogen-bond donors (Lipinski definition) is 1. The zero-order chi connectivity index (χ0) is 24.9. The number of nitrogens with zero attached hydrogens (tertiary/aromatic N) is 1. The molecule has 0 saturated heterocycles. The van der Waals surface area contributed by atoms with Crippen LogP contribution in [0, 0.1) is 6.92 Å². The van der Waals surface area contributed by atoms with Crippen LogP contribution in [-0.2, 0) is 28.3 Å². The van der Waals surface area contributed by atoms with Gasteiger partial charge in [-0.05, 0) is 30.0 Å². The third-order valence-corrected chi connectivity index (χ3v) is 6.90. The first kappa shape index (κ1) is 26.6. The lowest BCUT2D eigenvalue weighted by atomic mass is 10.0. The molecule has 0 radical (unpaired) electrons. The molecule has 0 unspecified atom stereocenters. The van der Waals surface area contributed by atoms with Crippen LogP contribution in [0.4, 0.5) is 0 Å². The minimum atomic E-state index is -0.558. The number of nitrogens with one attached hydrogen (secondary N) is 1. The number of carbonyl (C=O) groups is 2. The monoisotopic (exact) mass is 488 g/mol. The zero-order valence-electron chi connectivity index (χ0n) is 20.8. The lowest BCUT2D eigenvalue weighted by Gasteiger charge is -2.31. The van der Waals surface area contributed by atoms with E-state index < -0.39 is 6.04 Å². The van der Waals surface area contributed by atoms with Gasteiger partial charge in [0.05, 0.1) is 0 Å². The Balaban J connectivity index is 1.77. The smallest absolute Gasteiger partial charge is 0.243 e. The molecule has 1 N–H and O–H groups in total. The zero-order valence-corrected chi connectivity index (χ0v) is 21.6. The summed E-state index contributed by atoms with van der Waals surface area (Å²) in [6.07, 6.45) is 1.74. The van der Waals surface area contributed by atoms with E-state index in [2.05, 4.69) is 29.6 Å². The number of benzene rings is 3. The van der Waals surface area contributed by atoms with Gasteiger partial charge in [-0.25, -0.2) is 0 Å². The molecule has 0 fully saturated rings. The molecule has 3 rings (SSSR count). The van der Waals surface area contributed by atoms with Gasteiger partial charge in [-0.15, -0.1) is 0 Å². The third-order valence-electron chi connectivity index (χ3n) is 5.87. The second-order valence-electron chi connectivity index (χ2n) is 8.79. The molecule has 0 aliphatic rings. The molecule has 3 aromatic rings. The number of carbonyl (C=O) groups excluding carboxylic acids is 2. The molecule has 0 aromatic heterocycles. The van der Waals surface area contributed by atoms with Gasteiger partial charge in [0.2, 0.25) is 11.8 Å². The average Bonchev–Trinajstić information content (AvgIpc) is 2.89. The Morgan fingerprint density at radius 3 is 2.11 bits per heavy atom. The van der Waals surface area contributed by atoms with Crippen molar-refractivity contribution in [3.63, 3.8) is 0 Å². The summed E-state index contributed by atoms with van der Waals surface area (Å²) in [4.78, 5) is 28.7. The van der Waals surface area contributed by atoms with Crippen LogP contribution in [0.15, 0.2) is 84.9 Å². The Hall–Kier alpha value is -3.05. The van der Waals surface area contributed by atoms with E-state index in [9.17, 15) is 9.59 Å². The summed E-state index contributed by atoms with van der Waals surface area (Å²) in [5.74, 6) is 1.51. The molecular formula is C30H36N2O2S. The Kier molecular flexibility index (Phi) is 10.9. The Morgan fingerprint density at radius 1 is 0.857 bits per heavy atom. The molecule has 0 saturated carbocycles. The molecule has 4 nitrogen and oxygen atoms in total. The quantitative estimate of drug-likeness (QED) is 0.310. The summed E-state index contributed by atoms with van der Waals surface area (Å²) in [5.41, 5.74) is 4.50. The summed E-state index contributed by atoms with van der Waals surface area (Å²) >= 11 is 1.75. The standard InChI is InChI=1S/C30H36N2O2S/c1-3-19-31-30(34)28(21-25-10-6-4-7-11-25)32(22-26-16-14-24(2)15-17-26)29(33)18-20-35-23-27-12-8-5-9-13-27/h4-17,28H,3,18-23H2,1-2H3,(H,31,34)/t28-/m1/s1. The van der Waals surface area contributed by atoms with Crippen molar-refractivity contribution in [2.24, 2.45) is 0 Å². The van der Waals surface area contributed by atoms with E-state index in [1.807, 2.05) is 74.5 Å². The van der Waals surface area contributed by atoms with Crippen LogP contribution in [0.2, 0.25) is 0 Å². The highest BCUT2D eigenvalue weighted by Gasteiger charge is 2.29. The second-order valence-corrected chi connectivity index (χ2v) is 9.90. The molecule has 1 atom stereocenters. The summed E-state index contributed by atoms with van der Waals surface area (Å²) in [7, 11) is 0. The summed E-state index contributed by atoms with van der Waals surface area (Å²) in [6, 6.07) is 27.9. The molecule has 0 bridgehead atoms. The van der Waals surface area contributed by atoms with E-state index in [-0.39, 0.29) is 11.8 Å². The van der Waals surface area contributed by atoms with Gasteiger partial charge in [-0.3, -0.25) is 9.59 Å². The largest absolute Gasteiger partial charge is 0.354 e. The third kappa shape index (κ3) is 8.91. The average molecular weight is 489 g/mol. The number of thioether (sulfide) groups is 1. The van der Waals surface area contributed by atoms with Crippen molar-refractivity contribution in [3.8, 4) is 0 Å². The number of rotatable bonds is 13. The van der Waals surface area contributed by atoms with Crippen molar-refractivity contribution < 1.29 is 9.59 Å². The molecule has 3 aromatic carbocycles. The lowest BCUT2D eigenvalue weighted by Crippen LogP contribution is -2.50. The predicted octanol–water partition coefficient (Wildman–Crippen LogP) is 5.78. The number of hydrogen-bond acceptors (Lipinski definition) is 3. The fourth-order valence-corrected chi connectivity index (χ4v) is 4.77. The molecule has 0 heterocycles. The van der Waals surface area contributed by atoms with Crippen molar-refractivity contribution in [1.82, 2.24) is 10.2 Å². The first-order valence-corrected chi connectivity index (χ1v) is 13.5. The van der Waals surface area contributed by atoms with Crippen molar-refractivity contribution in [1.29, 1.82) is 0 Å². The van der Waals surface area contributed by atoms with Crippen LogP contribution in [0.3, 0.4) is 0 Å². The fourth-order valence-electron chi connectivity index (χ4n) is 3.88. The Labute approximate surface area is 214 Å². The van der Waals surface area contributed by atoms with E-state index in [1.54, 1.807) is 16.7 Å². The first-order valence-electron chi connectivity index (χ1n) is 12.3. The van der Waals surface area contributed by atoms with Gasteiger partial charge in [0, 0.05) is 37.4 Å². The first-order chi connectivity index (χ1) is 17.1. The van der Waals surface area contributed by atoms with Crippen molar-refractivity contribution in [2.45, 2.75) is 51.4 Å². The van der Waals surface area contributed by atoms with Crippen LogP contribution in [0.5, 0.6) is 0 Å². The van der Waals surface area contributed by atoms with E-state index >= 15 is 0 Å². The van der Waals surface area contributed by atoms with Crippen molar-refractivity contribution >= 4 is 23.6 Å². The predicted molar refractivity (Wildman–Crippen MR) is 146 cm³/mol. The van der Waals surface area contributed by atoms with Crippen LogP contribution in [-0.4, -0.2) is 35.1 Å². The van der Waals surface area contributed by atoms with E-state index in [0.29, 0.717) is 31.7 Å². The van der Waals surface area contributed by atoms with Crippen LogP contribution >= 0.6 is 11.8 Å². The highest BCUT2D eigenvalue weighted by Crippen LogP contribution is 2.19. The molecule has 184 valence electrons. The molecular weight excluding hydrogens is 452 g/mol. The topological polar surface area (TPSA) is 49.4 Å². The molecule has 35 heavy (non-hydrogen) atoms. The van der Waals surface area contributed by atoms with Crippen molar-refractivity contribution in [3.05, 3.63) is 107 Å². The SMILES string of the molecule is CCCNC(=O)[C@@H](Cc1ccccc1)N(Cc1ccc(C)cc1)C(=O)CCSCc1ccccc1. The van der Waals surface area contributed by atoms with Crippen molar-refractivity contribution in [2.75, 3.05) is 12.3 Å². The lowest BCUT2D eigenvalue weighted by molar-refractivity contribution is -0.141. The second kappa shape index (κ2) is 14.4. The van der Waals surface area contributed by atoms with Crippen LogP contribution in [0.25, 0.3) is 0 Å². The van der Waals surface area contributed by atoms with Gasteiger partial charge >= 0.3 is 0 Å². The maximum absolute atomic E-state index is 13.6. The molecule has 0 aliphatic carbocycles. The number of amides is 2. The molecule has 0 spiro atoms. The Bertz CT molecular complexity index is 1040. The van der Waals surface area contributed by atoms with E-state index in [0.717, 1.165) is 23.3 Å². The van der Waals surface area contributed by atoms with E-state index in [1.165, 1.54) is 11.1 Å². The summed E-state index contributed by atoms with van der Waals surface area (Å²) in [5, 5.41) is 3.03. The maximum atomic E-state index is 13.6. The maximum Gasteiger partial charge on any atom is 0.243 e. The van der Waals surface area contributed by atoms with Gasteiger partial charge in [0.15, 0.2) is 0 Å². The number of aryl methyl sites for hydroxylation is 1. The Morgan fingerprint density at radius 2 is 1.49 bits per heavy atom. The van der Waals surface area contributed by atoms with Gasteiger partial charge in [-0.2, -0.15) is 11.8 Å². The minimum Gasteiger partial charge on any atom is -0.354 e. The summed E-state index contributed by atoms with van der Waals surface area (Å²) < 4.78 is 0. The highest BCUT2D eigenvalue weighted by molar-refractivity contribution is 7.98. The molecule has 5 heteroatoms. The van der Waals surface area contributed by atoms with Crippen LogP contribution < -0.4 is 5.32 Å². The molecule has 0 aliphatic heterocycles. The van der Waals surface area contributed by atoms with Gasteiger partial charge in [0.25, 0.3) is 0 Å². The summed E-state index contributed by atoms with van der Waals surface area (Å²) in [6.45, 7) is 5.10. The van der Waals surface area contributed by atoms with Gasteiger partial charge < -0.3 is 10.2 Å². The molecule has 2 amide bonds. The van der Waals surface area contributed by atoms with Crippen LogP contribution in [0.1, 0.15) is 42.0 Å². The van der Waals surface area contributed by atoms with Gasteiger partial charge in [0.1, 0.15) is 6.04 Å². The van der Waals surface area contributed by atoms with E-state index in [4.69, 9.17) is 0 Å². The normalized spacial score (nSPS) is 11.6.